The number of nitrogen functional groups attached to an aromatic ring is 1. The number of nitrogens with zero attached hydrogens (tertiary/aromatic N) is 2. The molecule has 4 heteroatoms. The van der Waals surface area contributed by atoms with Crippen LogP contribution in [-0.2, 0) is 6.54 Å². The zero-order chi connectivity index (χ0) is 11.4. The lowest BCUT2D eigenvalue weighted by Gasteiger charge is -2.21. The van der Waals surface area contributed by atoms with Crippen molar-refractivity contribution in [2.24, 2.45) is 0 Å². The number of pyridine rings is 1. The van der Waals surface area contributed by atoms with Gasteiger partial charge in [-0.25, -0.2) is 4.98 Å². The predicted octanol–water partition coefficient (Wildman–Crippen LogP) is 2.75. The molecule has 0 aliphatic heterocycles. The molecule has 0 unspecified atom stereocenters. The van der Waals surface area contributed by atoms with Crippen LogP contribution in [0.2, 0.25) is 0 Å². The first kappa shape index (κ1) is 11.0. The van der Waals surface area contributed by atoms with E-state index in [0.29, 0.717) is 5.82 Å². The maximum Gasteiger partial charge on any atom is 0.123 e. The molecule has 2 rings (SSSR count). The molecule has 0 atom stereocenters. The number of rotatable bonds is 4. The molecule has 84 valence electrons. The van der Waals surface area contributed by atoms with Crippen LogP contribution >= 0.6 is 11.3 Å². The normalized spacial score (nSPS) is 10.3. The molecule has 0 spiro atoms. The smallest absolute Gasteiger partial charge is 0.123 e. The van der Waals surface area contributed by atoms with Crippen LogP contribution in [0, 0.1) is 0 Å². The third kappa shape index (κ3) is 2.52. The van der Waals surface area contributed by atoms with Crippen molar-refractivity contribution >= 4 is 22.8 Å². The summed E-state index contributed by atoms with van der Waals surface area (Å²) in [5.41, 5.74) is 6.69. The van der Waals surface area contributed by atoms with Crippen LogP contribution < -0.4 is 10.6 Å². The Morgan fingerprint density at radius 2 is 2.25 bits per heavy atom. The minimum atomic E-state index is 0.566. The van der Waals surface area contributed by atoms with Crippen LogP contribution in [-0.4, -0.2) is 11.5 Å². The molecule has 2 aromatic heterocycles. The lowest BCUT2D eigenvalue weighted by molar-refractivity contribution is 0.839. The molecule has 0 saturated carbocycles. The van der Waals surface area contributed by atoms with Crippen molar-refractivity contribution in [2.45, 2.75) is 13.5 Å². The summed E-state index contributed by atoms with van der Waals surface area (Å²) in [5.74, 6) is 0.566. The van der Waals surface area contributed by atoms with E-state index in [0.717, 1.165) is 18.8 Å². The summed E-state index contributed by atoms with van der Waals surface area (Å²) in [4.78, 5) is 7.75. The zero-order valence-corrected chi connectivity index (χ0v) is 10.1. The Labute approximate surface area is 99.5 Å². The maximum absolute atomic E-state index is 5.58. The van der Waals surface area contributed by atoms with Crippen LogP contribution in [0.5, 0.6) is 0 Å². The van der Waals surface area contributed by atoms with E-state index >= 15 is 0 Å². The molecule has 0 aromatic carbocycles. The molecule has 0 fully saturated rings. The van der Waals surface area contributed by atoms with Gasteiger partial charge in [0.2, 0.25) is 0 Å². The highest BCUT2D eigenvalue weighted by atomic mass is 32.1. The molecule has 0 amide bonds. The van der Waals surface area contributed by atoms with Crippen molar-refractivity contribution in [3.63, 3.8) is 0 Å². The van der Waals surface area contributed by atoms with Crippen molar-refractivity contribution in [3.05, 3.63) is 40.7 Å². The molecular weight excluding hydrogens is 218 g/mol. The van der Waals surface area contributed by atoms with Crippen molar-refractivity contribution in [2.75, 3.05) is 17.2 Å². The van der Waals surface area contributed by atoms with Crippen molar-refractivity contribution < 1.29 is 0 Å². The summed E-state index contributed by atoms with van der Waals surface area (Å²) in [6.45, 7) is 4.03. The van der Waals surface area contributed by atoms with Crippen LogP contribution in [0.25, 0.3) is 0 Å². The minimum Gasteiger partial charge on any atom is -0.384 e. The molecular formula is C12H15N3S. The van der Waals surface area contributed by atoms with Gasteiger partial charge >= 0.3 is 0 Å². The Morgan fingerprint density at radius 1 is 1.38 bits per heavy atom. The van der Waals surface area contributed by atoms with E-state index in [4.69, 9.17) is 5.73 Å². The van der Waals surface area contributed by atoms with Gasteiger partial charge in [-0.15, -0.1) is 11.3 Å². The second kappa shape index (κ2) is 4.99. The highest BCUT2D eigenvalue weighted by Gasteiger charge is 2.05. The van der Waals surface area contributed by atoms with Gasteiger partial charge in [0.25, 0.3) is 0 Å². The van der Waals surface area contributed by atoms with E-state index in [2.05, 4.69) is 34.3 Å². The second-order valence-electron chi connectivity index (χ2n) is 3.53. The SMILES string of the molecule is CCN(Cc1cccs1)c1ccc(N)nc1. The number of nitrogens with two attached hydrogens (primary N) is 1. The Kier molecular flexibility index (Phi) is 3.41. The van der Waals surface area contributed by atoms with E-state index in [1.165, 1.54) is 4.88 Å². The van der Waals surface area contributed by atoms with E-state index in [-0.39, 0.29) is 0 Å². The van der Waals surface area contributed by atoms with Crippen LogP contribution in [0.4, 0.5) is 11.5 Å². The number of thiophene rings is 1. The molecule has 3 nitrogen and oxygen atoms in total. The lowest BCUT2D eigenvalue weighted by Crippen LogP contribution is -2.21. The summed E-state index contributed by atoms with van der Waals surface area (Å²) in [6.07, 6.45) is 1.83. The van der Waals surface area contributed by atoms with E-state index in [9.17, 15) is 0 Å². The molecule has 2 N–H and O–H groups in total. The van der Waals surface area contributed by atoms with Gasteiger partial charge in [0.05, 0.1) is 18.4 Å². The van der Waals surface area contributed by atoms with Gasteiger partial charge in [-0.1, -0.05) is 6.07 Å². The van der Waals surface area contributed by atoms with Crippen molar-refractivity contribution in [1.82, 2.24) is 4.98 Å². The zero-order valence-electron chi connectivity index (χ0n) is 9.26. The van der Waals surface area contributed by atoms with E-state index < -0.39 is 0 Å². The largest absolute Gasteiger partial charge is 0.384 e. The summed E-state index contributed by atoms with van der Waals surface area (Å²) < 4.78 is 0. The first-order valence-electron chi connectivity index (χ1n) is 5.28. The average molecular weight is 233 g/mol. The fourth-order valence-electron chi connectivity index (χ4n) is 1.56. The number of hydrogen-bond acceptors (Lipinski definition) is 4. The molecule has 0 bridgehead atoms. The Hall–Kier alpha value is -1.55. The van der Waals surface area contributed by atoms with Crippen LogP contribution in [0.15, 0.2) is 35.8 Å². The molecule has 0 saturated heterocycles. The third-order valence-electron chi connectivity index (χ3n) is 2.44. The fourth-order valence-corrected chi connectivity index (χ4v) is 2.28. The van der Waals surface area contributed by atoms with Gasteiger partial charge in [-0.3, -0.25) is 0 Å². The topological polar surface area (TPSA) is 42.1 Å². The standard InChI is InChI=1S/C12H15N3S/c1-2-15(9-11-4-3-7-16-11)10-5-6-12(13)14-8-10/h3-8H,2,9H2,1H3,(H2,13,14). The second-order valence-corrected chi connectivity index (χ2v) is 4.57. The van der Waals surface area contributed by atoms with Crippen molar-refractivity contribution in [1.29, 1.82) is 0 Å². The van der Waals surface area contributed by atoms with E-state index in [1.54, 1.807) is 11.3 Å². The highest BCUT2D eigenvalue weighted by Crippen LogP contribution is 2.19. The predicted molar refractivity (Wildman–Crippen MR) is 69.7 cm³/mol. The summed E-state index contributed by atoms with van der Waals surface area (Å²) >= 11 is 1.78. The molecule has 0 radical (unpaired) electrons. The van der Waals surface area contributed by atoms with Gasteiger partial charge in [0.15, 0.2) is 0 Å². The maximum atomic E-state index is 5.58. The first-order chi connectivity index (χ1) is 7.79. The van der Waals surface area contributed by atoms with Gasteiger partial charge < -0.3 is 10.6 Å². The van der Waals surface area contributed by atoms with Gasteiger partial charge in [0, 0.05) is 11.4 Å². The summed E-state index contributed by atoms with van der Waals surface area (Å²) in [6, 6.07) is 8.08. The van der Waals surface area contributed by atoms with Crippen LogP contribution in [0.1, 0.15) is 11.8 Å². The summed E-state index contributed by atoms with van der Waals surface area (Å²) in [5, 5.41) is 2.10. The molecule has 16 heavy (non-hydrogen) atoms. The number of hydrogen-bond donors (Lipinski definition) is 1. The van der Waals surface area contributed by atoms with Crippen molar-refractivity contribution in [3.8, 4) is 0 Å². The van der Waals surface area contributed by atoms with Crippen LogP contribution in [0.3, 0.4) is 0 Å². The Balaban J connectivity index is 2.13. The van der Waals surface area contributed by atoms with Gasteiger partial charge in [-0.2, -0.15) is 0 Å². The molecule has 0 aliphatic rings. The average Bonchev–Trinajstić information content (AvgIpc) is 2.80. The van der Waals surface area contributed by atoms with Gasteiger partial charge in [-0.05, 0) is 30.5 Å². The minimum absolute atomic E-state index is 0.566. The molecule has 0 aliphatic carbocycles. The fraction of sp³-hybridized carbons (Fsp3) is 0.250. The highest BCUT2D eigenvalue weighted by molar-refractivity contribution is 7.09. The Morgan fingerprint density at radius 3 is 2.81 bits per heavy atom. The molecule has 2 aromatic rings. The lowest BCUT2D eigenvalue weighted by atomic mass is 10.3. The first-order valence-corrected chi connectivity index (χ1v) is 6.16. The quantitative estimate of drug-likeness (QED) is 0.883. The Bertz CT molecular complexity index is 422. The monoisotopic (exact) mass is 233 g/mol. The summed E-state index contributed by atoms with van der Waals surface area (Å²) in [7, 11) is 0. The van der Waals surface area contributed by atoms with E-state index in [1.807, 2.05) is 18.3 Å². The van der Waals surface area contributed by atoms with Gasteiger partial charge in [0.1, 0.15) is 5.82 Å². The number of anilines is 2. The third-order valence-corrected chi connectivity index (χ3v) is 3.31. The molecule has 2 heterocycles. The number of aromatic nitrogens is 1.